The predicted octanol–water partition coefficient (Wildman–Crippen LogP) is 5.39. The molecule has 1 N–H and O–H groups in total. The first kappa shape index (κ1) is 26.3. The number of aromatic nitrogens is 2. The van der Waals surface area contributed by atoms with E-state index in [0.29, 0.717) is 30.5 Å². The number of methoxy groups -OCH3 is 2. The topological polar surface area (TPSA) is 69.0 Å². The van der Waals surface area contributed by atoms with E-state index in [1.165, 1.54) is 0 Å². The lowest BCUT2D eigenvalue weighted by Gasteiger charge is -2.29. The van der Waals surface area contributed by atoms with E-state index < -0.39 is 5.60 Å². The van der Waals surface area contributed by atoms with Gasteiger partial charge in [0.2, 0.25) is 5.88 Å². The molecule has 0 unspecified atom stereocenters. The second kappa shape index (κ2) is 11.9. The molecule has 0 aliphatic carbocycles. The van der Waals surface area contributed by atoms with Gasteiger partial charge in [0, 0.05) is 13.1 Å². The highest BCUT2D eigenvalue weighted by Gasteiger charge is 2.26. The zero-order chi connectivity index (χ0) is 25.4. The van der Waals surface area contributed by atoms with E-state index in [9.17, 15) is 5.11 Å². The van der Waals surface area contributed by atoms with Crippen molar-refractivity contribution in [3.05, 3.63) is 72.4 Å². The van der Waals surface area contributed by atoms with E-state index in [1.54, 1.807) is 27.2 Å². The van der Waals surface area contributed by atoms with Gasteiger partial charge in [-0.05, 0) is 62.7 Å². The molecule has 0 aliphatic heterocycles. The van der Waals surface area contributed by atoms with Crippen LogP contribution in [0.15, 0.2) is 61.2 Å². The Morgan fingerprint density at radius 2 is 1.74 bits per heavy atom. The van der Waals surface area contributed by atoms with Gasteiger partial charge in [0.25, 0.3) is 0 Å². The number of benzene rings is 2. The molecule has 1 heterocycles. The van der Waals surface area contributed by atoms with Gasteiger partial charge in [-0.2, -0.15) is 5.10 Å². The first-order valence-electron chi connectivity index (χ1n) is 12.0. The zero-order valence-corrected chi connectivity index (χ0v) is 21.5. The summed E-state index contributed by atoms with van der Waals surface area (Å²) in [5, 5.41) is 15.6. The molecule has 0 radical (unpaired) electrons. The SMILES string of the molecule is C=C[C@@](C)(O)CN(CCC)Cc1c(CC)nn(-c2ccc(OC)cc2)c1Oc1ccccc1OC. The Morgan fingerprint density at radius 1 is 1.06 bits per heavy atom. The third-order valence-corrected chi connectivity index (χ3v) is 5.85. The van der Waals surface area contributed by atoms with E-state index in [4.69, 9.17) is 19.3 Å². The molecule has 0 bridgehead atoms. The molecule has 3 rings (SSSR count). The van der Waals surface area contributed by atoms with Crippen molar-refractivity contribution in [2.45, 2.75) is 45.8 Å². The molecule has 0 amide bonds. The van der Waals surface area contributed by atoms with E-state index >= 15 is 0 Å². The van der Waals surface area contributed by atoms with Gasteiger partial charge in [-0.15, -0.1) is 6.58 Å². The summed E-state index contributed by atoms with van der Waals surface area (Å²) in [6.07, 6.45) is 3.27. The van der Waals surface area contributed by atoms with Crippen LogP contribution in [0.1, 0.15) is 38.4 Å². The molecule has 188 valence electrons. The number of aryl methyl sites for hydroxylation is 1. The van der Waals surface area contributed by atoms with Crippen LogP contribution in [0.2, 0.25) is 0 Å². The molecule has 35 heavy (non-hydrogen) atoms. The lowest BCUT2D eigenvalue weighted by Crippen LogP contribution is -2.39. The lowest BCUT2D eigenvalue weighted by atomic mass is 10.1. The highest BCUT2D eigenvalue weighted by molar-refractivity contribution is 5.48. The van der Waals surface area contributed by atoms with Gasteiger partial charge < -0.3 is 19.3 Å². The maximum absolute atomic E-state index is 10.7. The summed E-state index contributed by atoms with van der Waals surface area (Å²) < 4.78 is 19.2. The Kier molecular flexibility index (Phi) is 8.95. The second-order valence-electron chi connectivity index (χ2n) is 8.72. The molecule has 7 heteroatoms. The third kappa shape index (κ3) is 6.44. The number of hydrogen-bond donors (Lipinski definition) is 1. The monoisotopic (exact) mass is 479 g/mol. The maximum atomic E-state index is 10.7. The minimum Gasteiger partial charge on any atom is -0.497 e. The van der Waals surface area contributed by atoms with Crippen LogP contribution >= 0.6 is 0 Å². The summed E-state index contributed by atoms with van der Waals surface area (Å²) >= 11 is 0. The van der Waals surface area contributed by atoms with Crippen LogP contribution in [0.25, 0.3) is 5.69 Å². The molecule has 0 aliphatic rings. The van der Waals surface area contributed by atoms with E-state index in [1.807, 2.05) is 53.2 Å². The zero-order valence-electron chi connectivity index (χ0n) is 21.5. The van der Waals surface area contributed by atoms with Crippen LogP contribution in [0, 0.1) is 0 Å². The van der Waals surface area contributed by atoms with Crippen molar-refractivity contribution < 1.29 is 19.3 Å². The molecule has 1 aromatic heterocycles. The van der Waals surface area contributed by atoms with Gasteiger partial charge in [0.15, 0.2) is 11.5 Å². The number of nitrogens with zero attached hydrogens (tertiary/aromatic N) is 3. The highest BCUT2D eigenvalue weighted by atomic mass is 16.5. The van der Waals surface area contributed by atoms with Crippen molar-refractivity contribution >= 4 is 0 Å². The molecule has 3 aromatic rings. The molecule has 0 saturated heterocycles. The molecular weight excluding hydrogens is 442 g/mol. The number of ether oxygens (including phenoxy) is 3. The highest BCUT2D eigenvalue weighted by Crippen LogP contribution is 2.36. The van der Waals surface area contributed by atoms with Crippen LogP contribution in [0.4, 0.5) is 0 Å². The summed E-state index contributed by atoms with van der Waals surface area (Å²) in [5.74, 6) is 2.63. The minimum atomic E-state index is -1.00. The number of aliphatic hydroxyl groups is 1. The normalized spacial score (nSPS) is 12.9. The molecular formula is C28H37N3O4. The van der Waals surface area contributed by atoms with Crippen LogP contribution in [0.3, 0.4) is 0 Å². The Hall–Kier alpha value is -3.29. The van der Waals surface area contributed by atoms with E-state index in [0.717, 1.165) is 42.1 Å². The van der Waals surface area contributed by atoms with Crippen molar-refractivity contribution in [3.8, 4) is 28.8 Å². The first-order valence-corrected chi connectivity index (χ1v) is 12.0. The van der Waals surface area contributed by atoms with E-state index in [-0.39, 0.29) is 0 Å². The van der Waals surface area contributed by atoms with Crippen LogP contribution in [0.5, 0.6) is 23.1 Å². The number of para-hydroxylation sites is 2. The molecule has 1 atom stereocenters. The van der Waals surface area contributed by atoms with Crippen molar-refractivity contribution in [3.63, 3.8) is 0 Å². The van der Waals surface area contributed by atoms with Gasteiger partial charge in [-0.25, -0.2) is 4.68 Å². The fourth-order valence-corrected chi connectivity index (χ4v) is 4.00. The fourth-order valence-electron chi connectivity index (χ4n) is 4.00. The van der Waals surface area contributed by atoms with Crippen molar-refractivity contribution in [2.24, 2.45) is 0 Å². The average molecular weight is 480 g/mol. The predicted molar refractivity (Wildman–Crippen MR) is 139 cm³/mol. The van der Waals surface area contributed by atoms with Crippen molar-refractivity contribution in [2.75, 3.05) is 27.3 Å². The fraction of sp³-hybridized carbons (Fsp3) is 0.393. The third-order valence-electron chi connectivity index (χ3n) is 5.85. The minimum absolute atomic E-state index is 0.454. The maximum Gasteiger partial charge on any atom is 0.227 e. The molecule has 0 spiro atoms. The van der Waals surface area contributed by atoms with Crippen LogP contribution < -0.4 is 14.2 Å². The van der Waals surface area contributed by atoms with Crippen molar-refractivity contribution in [1.82, 2.24) is 14.7 Å². The van der Waals surface area contributed by atoms with Gasteiger partial charge in [-0.1, -0.05) is 32.1 Å². The Morgan fingerprint density at radius 3 is 2.31 bits per heavy atom. The smallest absolute Gasteiger partial charge is 0.227 e. The van der Waals surface area contributed by atoms with Gasteiger partial charge in [0.1, 0.15) is 5.75 Å². The van der Waals surface area contributed by atoms with E-state index in [2.05, 4.69) is 25.3 Å². The van der Waals surface area contributed by atoms with Gasteiger partial charge in [0.05, 0.1) is 36.8 Å². The Labute approximate surface area is 208 Å². The number of hydrogen-bond acceptors (Lipinski definition) is 6. The summed E-state index contributed by atoms with van der Waals surface area (Å²) in [6, 6.07) is 15.3. The second-order valence-corrected chi connectivity index (χ2v) is 8.72. The molecule has 0 saturated carbocycles. The largest absolute Gasteiger partial charge is 0.497 e. The Balaban J connectivity index is 2.13. The summed E-state index contributed by atoms with van der Waals surface area (Å²) in [6.45, 7) is 11.6. The van der Waals surface area contributed by atoms with Gasteiger partial charge >= 0.3 is 0 Å². The standard InChI is InChI=1S/C28H37N3O4/c1-7-18-30(20-28(4,32)9-3)19-23-24(8-2)29-31(21-14-16-22(33-5)17-15-21)27(23)35-26-13-11-10-12-25(26)34-6/h9-17,32H,3,7-8,18-20H2,1-2,4-6H3/t28-/m1/s1. The lowest BCUT2D eigenvalue weighted by molar-refractivity contribution is 0.0584. The molecule has 7 nitrogen and oxygen atoms in total. The van der Waals surface area contributed by atoms with Crippen LogP contribution in [-0.2, 0) is 13.0 Å². The summed E-state index contributed by atoms with van der Waals surface area (Å²) in [4.78, 5) is 2.21. The molecule has 0 fully saturated rings. The average Bonchev–Trinajstić information content (AvgIpc) is 3.21. The number of rotatable bonds is 13. The Bertz CT molecular complexity index is 1110. The quantitative estimate of drug-likeness (QED) is 0.331. The summed E-state index contributed by atoms with van der Waals surface area (Å²) in [7, 11) is 3.27. The van der Waals surface area contributed by atoms with Crippen molar-refractivity contribution in [1.29, 1.82) is 0 Å². The molecule has 2 aromatic carbocycles. The summed E-state index contributed by atoms with van der Waals surface area (Å²) in [5.41, 5.74) is 1.77. The van der Waals surface area contributed by atoms with Gasteiger partial charge in [-0.3, -0.25) is 4.90 Å². The van der Waals surface area contributed by atoms with Crippen LogP contribution in [-0.4, -0.2) is 52.7 Å². The first-order chi connectivity index (χ1) is 16.8.